The highest BCUT2D eigenvalue weighted by atomic mass is 16.5. The number of ether oxygens (including phenoxy) is 1. The predicted molar refractivity (Wildman–Crippen MR) is 40.0 cm³/mol. The van der Waals surface area contributed by atoms with Crippen LogP contribution in [0.5, 0.6) is 0 Å². The predicted octanol–water partition coefficient (Wildman–Crippen LogP) is 0.333. The van der Waals surface area contributed by atoms with Gasteiger partial charge in [-0.15, -0.1) is 0 Å². The Hall–Kier alpha value is -0.570. The lowest BCUT2D eigenvalue weighted by Crippen LogP contribution is -2.22. The smallest absolute Gasteiger partial charge is 0.0469 e. The normalized spacial score (nSPS) is 9.91. The fraction of sp³-hybridized carbons (Fsp3) is 0.875. The number of aliphatic carboxylic acids is 1. The van der Waals surface area contributed by atoms with E-state index in [1.54, 1.807) is 0 Å². The van der Waals surface area contributed by atoms with E-state index in [1.807, 2.05) is 0 Å². The van der Waals surface area contributed by atoms with Crippen LogP contribution in [-0.2, 0) is 9.53 Å². The van der Waals surface area contributed by atoms with Crippen LogP contribution >= 0.6 is 0 Å². The van der Waals surface area contributed by atoms with Gasteiger partial charge in [0.2, 0.25) is 0 Å². The summed E-state index contributed by atoms with van der Waals surface area (Å²) < 4.78 is 5.13. The zero-order valence-corrected chi connectivity index (χ0v) is 6.97. The lowest BCUT2D eigenvalue weighted by atomic mass is 10.3. The molecule has 66 valence electrons. The van der Waals surface area contributed by atoms with Crippen molar-refractivity contribution in [1.82, 2.24) is 0 Å². The van der Waals surface area contributed by atoms with E-state index in [0.717, 1.165) is 19.4 Å². The average molecular weight is 159 g/mol. The molecule has 11 heavy (non-hydrogen) atoms. The lowest BCUT2D eigenvalue weighted by molar-refractivity contribution is -0.305. The van der Waals surface area contributed by atoms with Gasteiger partial charge in [0.25, 0.3) is 0 Å². The van der Waals surface area contributed by atoms with E-state index in [0.29, 0.717) is 13.0 Å². The number of carbonyl (C=O) groups is 1. The SMILES string of the molecule is CCCCOCCCC(=O)[O-]. The Balaban J connectivity index is 2.85. The molecule has 0 aromatic carbocycles. The molecule has 0 aromatic rings. The second kappa shape index (κ2) is 7.54. The van der Waals surface area contributed by atoms with Crippen molar-refractivity contribution in [3.8, 4) is 0 Å². The molecule has 0 spiro atoms. The highest BCUT2D eigenvalue weighted by Crippen LogP contribution is 1.91. The zero-order valence-electron chi connectivity index (χ0n) is 6.97. The maximum absolute atomic E-state index is 9.92. The Morgan fingerprint density at radius 3 is 2.55 bits per heavy atom. The quantitative estimate of drug-likeness (QED) is 0.503. The van der Waals surface area contributed by atoms with Crippen LogP contribution in [-0.4, -0.2) is 19.2 Å². The molecular weight excluding hydrogens is 144 g/mol. The second-order valence-corrected chi connectivity index (χ2v) is 2.44. The van der Waals surface area contributed by atoms with Gasteiger partial charge in [-0.1, -0.05) is 13.3 Å². The molecule has 0 radical (unpaired) electrons. The van der Waals surface area contributed by atoms with Crippen molar-refractivity contribution in [3.05, 3.63) is 0 Å². The van der Waals surface area contributed by atoms with Crippen LogP contribution in [0.3, 0.4) is 0 Å². The van der Waals surface area contributed by atoms with Crippen molar-refractivity contribution in [3.63, 3.8) is 0 Å². The van der Waals surface area contributed by atoms with Crippen molar-refractivity contribution < 1.29 is 14.6 Å². The molecule has 0 aliphatic carbocycles. The van der Waals surface area contributed by atoms with Crippen molar-refractivity contribution in [2.24, 2.45) is 0 Å². The number of unbranched alkanes of at least 4 members (excludes halogenated alkanes) is 1. The Bertz CT molecular complexity index is 102. The van der Waals surface area contributed by atoms with Crippen molar-refractivity contribution in [2.75, 3.05) is 13.2 Å². The van der Waals surface area contributed by atoms with E-state index < -0.39 is 5.97 Å². The van der Waals surface area contributed by atoms with Crippen LogP contribution < -0.4 is 5.11 Å². The molecule has 0 atom stereocenters. The monoisotopic (exact) mass is 159 g/mol. The maximum Gasteiger partial charge on any atom is 0.0469 e. The zero-order chi connectivity index (χ0) is 8.53. The fourth-order valence-electron chi connectivity index (χ4n) is 0.667. The summed E-state index contributed by atoms with van der Waals surface area (Å²) in [4.78, 5) is 9.92. The number of hydrogen-bond donors (Lipinski definition) is 0. The van der Waals surface area contributed by atoms with E-state index in [4.69, 9.17) is 4.74 Å². The third-order valence-corrected chi connectivity index (χ3v) is 1.31. The molecule has 0 saturated carbocycles. The van der Waals surface area contributed by atoms with Gasteiger partial charge in [-0.05, 0) is 19.3 Å². The minimum absolute atomic E-state index is 0.103. The van der Waals surface area contributed by atoms with Gasteiger partial charge in [-0.25, -0.2) is 0 Å². The molecule has 0 N–H and O–H groups in total. The summed E-state index contributed by atoms with van der Waals surface area (Å²) in [7, 11) is 0. The molecule has 0 fully saturated rings. The van der Waals surface area contributed by atoms with Crippen molar-refractivity contribution >= 4 is 5.97 Å². The first-order chi connectivity index (χ1) is 5.27. The van der Waals surface area contributed by atoms with Crippen LogP contribution in [0.2, 0.25) is 0 Å². The van der Waals surface area contributed by atoms with Gasteiger partial charge in [-0.3, -0.25) is 0 Å². The van der Waals surface area contributed by atoms with Crippen LogP contribution in [0, 0.1) is 0 Å². The number of carbonyl (C=O) groups excluding carboxylic acids is 1. The lowest BCUT2D eigenvalue weighted by Gasteiger charge is -2.03. The van der Waals surface area contributed by atoms with Gasteiger partial charge in [-0.2, -0.15) is 0 Å². The first-order valence-corrected chi connectivity index (χ1v) is 4.05. The molecule has 0 heterocycles. The summed E-state index contributed by atoms with van der Waals surface area (Å²) in [6.07, 6.45) is 2.82. The largest absolute Gasteiger partial charge is 0.550 e. The summed E-state index contributed by atoms with van der Waals surface area (Å²) in [6.45, 7) is 3.36. The highest BCUT2D eigenvalue weighted by Gasteiger charge is 1.88. The molecule has 0 aliphatic heterocycles. The minimum Gasteiger partial charge on any atom is -0.550 e. The van der Waals surface area contributed by atoms with E-state index >= 15 is 0 Å². The summed E-state index contributed by atoms with van der Waals surface area (Å²) >= 11 is 0. The van der Waals surface area contributed by atoms with Crippen LogP contribution in [0.25, 0.3) is 0 Å². The average Bonchev–Trinajstić information content (AvgIpc) is 1.96. The molecule has 0 amide bonds. The molecule has 0 bridgehead atoms. The van der Waals surface area contributed by atoms with E-state index in [9.17, 15) is 9.90 Å². The maximum atomic E-state index is 9.92. The molecule has 0 aliphatic rings. The van der Waals surface area contributed by atoms with Gasteiger partial charge in [0.1, 0.15) is 0 Å². The van der Waals surface area contributed by atoms with Crippen LogP contribution in [0.15, 0.2) is 0 Å². The van der Waals surface area contributed by atoms with Gasteiger partial charge in [0.05, 0.1) is 0 Å². The highest BCUT2D eigenvalue weighted by molar-refractivity contribution is 5.64. The topological polar surface area (TPSA) is 49.4 Å². The fourth-order valence-corrected chi connectivity index (χ4v) is 0.667. The number of carboxylic acids is 1. The molecule has 3 nitrogen and oxygen atoms in total. The Morgan fingerprint density at radius 1 is 1.36 bits per heavy atom. The standard InChI is InChI=1S/C8H16O3/c1-2-3-6-11-7-4-5-8(9)10/h2-7H2,1H3,(H,9,10)/p-1. The summed E-state index contributed by atoms with van der Waals surface area (Å²) in [5, 5.41) is 9.92. The molecule has 0 unspecified atom stereocenters. The molecule has 3 heteroatoms. The van der Waals surface area contributed by atoms with Gasteiger partial charge in [0, 0.05) is 19.2 Å². The summed E-state index contributed by atoms with van der Waals surface area (Å²) in [5.41, 5.74) is 0. The van der Waals surface area contributed by atoms with Crippen LogP contribution in [0.4, 0.5) is 0 Å². The molecule has 0 rings (SSSR count). The third kappa shape index (κ3) is 9.43. The Kier molecular flexibility index (Phi) is 7.15. The number of carboxylic acid groups (broad SMARTS) is 1. The van der Waals surface area contributed by atoms with Crippen LogP contribution in [0.1, 0.15) is 32.6 Å². The summed E-state index contributed by atoms with van der Waals surface area (Å²) in [5.74, 6) is -0.996. The molecular formula is C8H15O3-. The Labute approximate surface area is 67.4 Å². The minimum atomic E-state index is -0.996. The second-order valence-electron chi connectivity index (χ2n) is 2.44. The van der Waals surface area contributed by atoms with Gasteiger partial charge in [0.15, 0.2) is 0 Å². The summed E-state index contributed by atoms with van der Waals surface area (Å²) in [6, 6.07) is 0. The van der Waals surface area contributed by atoms with E-state index in [-0.39, 0.29) is 6.42 Å². The van der Waals surface area contributed by atoms with E-state index in [2.05, 4.69) is 6.92 Å². The van der Waals surface area contributed by atoms with Crippen molar-refractivity contribution in [2.45, 2.75) is 32.6 Å². The van der Waals surface area contributed by atoms with Crippen molar-refractivity contribution in [1.29, 1.82) is 0 Å². The number of hydrogen-bond acceptors (Lipinski definition) is 3. The molecule has 0 saturated heterocycles. The first-order valence-electron chi connectivity index (χ1n) is 4.05. The Morgan fingerprint density at radius 2 is 2.00 bits per heavy atom. The van der Waals surface area contributed by atoms with Gasteiger partial charge >= 0.3 is 0 Å². The number of rotatable bonds is 7. The van der Waals surface area contributed by atoms with E-state index in [1.165, 1.54) is 0 Å². The molecule has 0 aromatic heterocycles. The first kappa shape index (κ1) is 10.4. The van der Waals surface area contributed by atoms with Gasteiger partial charge < -0.3 is 14.6 Å². The third-order valence-electron chi connectivity index (χ3n) is 1.31.